The molecule has 3 rings (SSSR count). The van der Waals surface area contributed by atoms with E-state index < -0.39 is 30.4 Å². The Morgan fingerprint density at radius 3 is 0.703 bits per heavy atom. The van der Waals surface area contributed by atoms with Crippen LogP contribution in [0.3, 0.4) is 0 Å². The molecule has 0 aliphatic heterocycles. The Balaban J connectivity index is 0.000000518. The van der Waals surface area contributed by atoms with Crippen LogP contribution in [0.15, 0.2) is 87.5 Å². The molecule has 0 spiro atoms. The molecule has 0 saturated heterocycles. The zero-order chi connectivity index (χ0) is 27.6. The fourth-order valence-electron chi connectivity index (χ4n) is 2.23. The number of hydrogen-bond donors (Lipinski definition) is 0. The molecule has 0 bridgehead atoms. The second-order valence-electron chi connectivity index (χ2n) is 6.39. The summed E-state index contributed by atoms with van der Waals surface area (Å²) in [5.41, 5.74) is 0. The quantitative estimate of drug-likeness (QED) is 0.287. The predicted molar refractivity (Wildman–Crippen MR) is 123 cm³/mol. The Morgan fingerprint density at radius 2 is 0.595 bits per heavy atom. The van der Waals surface area contributed by atoms with Crippen molar-refractivity contribution < 1.29 is 70.2 Å². The fourth-order valence-corrected chi connectivity index (χ4v) is 3.64. The van der Waals surface area contributed by atoms with Crippen molar-refractivity contribution in [1.29, 1.82) is 0 Å². The van der Waals surface area contributed by atoms with Gasteiger partial charge in [0.05, 0.1) is 36.0 Å². The van der Waals surface area contributed by atoms with Crippen LogP contribution in [0.1, 0.15) is 0 Å². The number of ether oxygens (including phenoxy) is 3. The molecule has 16 heteroatoms. The van der Waals surface area contributed by atoms with E-state index in [4.69, 9.17) is 14.2 Å². The van der Waals surface area contributed by atoms with Gasteiger partial charge in [0.1, 0.15) is 47.6 Å². The maximum Gasteiger partial charge on any atom is 3.00 e. The van der Waals surface area contributed by atoms with Gasteiger partial charge in [0.25, 0.3) is 0 Å². The Kier molecular flexibility index (Phi) is 13.8. The summed E-state index contributed by atoms with van der Waals surface area (Å²) in [6.07, 6.45) is 0. The zero-order valence-corrected chi connectivity index (χ0v) is 23.0. The van der Waals surface area contributed by atoms with Gasteiger partial charge in [0.2, 0.25) is 0 Å². The van der Waals surface area contributed by atoms with Crippen LogP contribution in [0.25, 0.3) is 0 Å². The van der Waals surface area contributed by atoms with Crippen LogP contribution in [0.5, 0.6) is 17.2 Å². The van der Waals surface area contributed by atoms with Gasteiger partial charge >= 0.3 is 17.1 Å². The second-order valence-corrected chi connectivity index (χ2v) is 10.5. The summed E-state index contributed by atoms with van der Waals surface area (Å²) in [5, 5.41) is 0. The SMILES string of the molecule is COc1ccc(S(=O)(=O)[O-])cc1.COc1ccc(S(=O)(=O)[O-])cc1.COc1ccc(S(=O)(=O)[O-])cc1.[Fe+3]. The van der Waals surface area contributed by atoms with Crippen molar-refractivity contribution >= 4 is 30.4 Å². The minimum atomic E-state index is -4.33. The molecule has 0 saturated carbocycles. The van der Waals surface area contributed by atoms with Crippen LogP contribution < -0.4 is 14.2 Å². The van der Waals surface area contributed by atoms with Gasteiger partial charge < -0.3 is 27.9 Å². The largest absolute Gasteiger partial charge is 3.00 e. The van der Waals surface area contributed by atoms with Gasteiger partial charge in [-0.05, 0) is 72.8 Å². The van der Waals surface area contributed by atoms with E-state index in [0.29, 0.717) is 17.2 Å². The molecule has 0 unspecified atom stereocenters. The summed E-state index contributed by atoms with van der Waals surface area (Å²) >= 11 is 0. The molecular weight excluding hydrogens is 596 g/mol. The van der Waals surface area contributed by atoms with Crippen molar-refractivity contribution in [2.24, 2.45) is 0 Å². The Bertz CT molecular complexity index is 1240. The number of hydrogen-bond acceptors (Lipinski definition) is 12. The molecule has 0 aliphatic carbocycles. The van der Waals surface area contributed by atoms with Gasteiger partial charge in [0.15, 0.2) is 0 Å². The standard InChI is InChI=1S/3C7H8O4S.Fe/c3*1-11-6-2-4-7(5-3-6)12(8,9)10;/h3*2-5H,1H3,(H,8,9,10);/q;;;+3/p-3. The number of benzene rings is 3. The Labute approximate surface area is 225 Å². The third-order valence-electron chi connectivity index (χ3n) is 4.04. The maximum absolute atomic E-state index is 10.4. The van der Waals surface area contributed by atoms with Crippen molar-refractivity contribution in [2.75, 3.05) is 21.3 Å². The van der Waals surface area contributed by atoms with E-state index in [9.17, 15) is 38.9 Å². The van der Waals surface area contributed by atoms with Crippen LogP contribution in [0, 0.1) is 0 Å². The van der Waals surface area contributed by atoms with Crippen LogP contribution in [-0.4, -0.2) is 60.2 Å². The van der Waals surface area contributed by atoms with Crippen molar-refractivity contribution in [3.63, 3.8) is 0 Å². The zero-order valence-electron chi connectivity index (χ0n) is 19.4. The van der Waals surface area contributed by atoms with Gasteiger partial charge in [0, 0.05) is 0 Å². The molecule has 0 fully saturated rings. The molecule has 3 aromatic rings. The van der Waals surface area contributed by atoms with Crippen molar-refractivity contribution in [2.45, 2.75) is 14.7 Å². The summed E-state index contributed by atoms with van der Waals surface area (Å²) in [7, 11) is -8.62. The van der Waals surface area contributed by atoms with Gasteiger partial charge in [-0.25, -0.2) is 25.3 Å². The molecular formula is C21H21FeO12S3. The number of methoxy groups -OCH3 is 3. The summed E-state index contributed by atoms with van der Waals surface area (Å²) in [6.45, 7) is 0. The van der Waals surface area contributed by atoms with Crippen molar-refractivity contribution in [1.82, 2.24) is 0 Å². The van der Waals surface area contributed by atoms with Gasteiger partial charge in [-0.3, -0.25) is 0 Å². The van der Waals surface area contributed by atoms with E-state index in [0.717, 1.165) is 0 Å². The molecule has 0 N–H and O–H groups in total. The predicted octanol–water partition coefficient (Wildman–Crippen LogP) is 1.80. The molecule has 0 heterocycles. The van der Waals surface area contributed by atoms with Crippen LogP contribution >= 0.6 is 0 Å². The third-order valence-corrected chi connectivity index (χ3v) is 6.59. The first-order chi connectivity index (χ1) is 16.6. The van der Waals surface area contributed by atoms with Crippen LogP contribution in [-0.2, 0) is 47.4 Å². The molecule has 0 aliphatic rings. The van der Waals surface area contributed by atoms with E-state index in [-0.39, 0.29) is 31.8 Å². The van der Waals surface area contributed by atoms with Crippen LogP contribution in [0.4, 0.5) is 0 Å². The Hall–Kier alpha value is -2.69. The minimum absolute atomic E-state index is 0. The smallest absolute Gasteiger partial charge is 0.744 e. The van der Waals surface area contributed by atoms with Gasteiger partial charge in [-0.2, -0.15) is 0 Å². The molecule has 0 aromatic heterocycles. The van der Waals surface area contributed by atoms with E-state index >= 15 is 0 Å². The molecule has 37 heavy (non-hydrogen) atoms. The summed E-state index contributed by atoms with van der Waals surface area (Å²) in [4.78, 5) is -0.741. The number of rotatable bonds is 6. The van der Waals surface area contributed by atoms with Crippen LogP contribution in [0.2, 0.25) is 0 Å². The van der Waals surface area contributed by atoms with E-state index in [1.807, 2.05) is 0 Å². The summed E-state index contributed by atoms with van der Waals surface area (Å²) in [5.74, 6) is 1.55. The molecule has 0 atom stereocenters. The first kappa shape index (κ1) is 34.3. The second kappa shape index (κ2) is 14.9. The average Bonchev–Trinajstić information content (AvgIpc) is 2.83. The van der Waals surface area contributed by atoms with E-state index in [1.165, 1.54) is 94.1 Å². The maximum atomic E-state index is 10.4. The molecule has 1 radical (unpaired) electrons. The average molecular weight is 617 g/mol. The Morgan fingerprint density at radius 1 is 0.432 bits per heavy atom. The fraction of sp³-hybridized carbons (Fsp3) is 0.143. The van der Waals surface area contributed by atoms with Gasteiger partial charge in [-0.1, -0.05) is 0 Å². The normalized spacial score (nSPS) is 10.9. The molecule has 0 amide bonds. The monoisotopic (exact) mass is 617 g/mol. The van der Waals surface area contributed by atoms with Crippen molar-refractivity contribution in [3.05, 3.63) is 72.8 Å². The molecule has 3 aromatic carbocycles. The first-order valence-corrected chi connectivity index (χ1v) is 13.6. The minimum Gasteiger partial charge on any atom is -0.744 e. The molecule has 12 nitrogen and oxygen atoms in total. The molecule has 203 valence electrons. The van der Waals surface area contributed by atoms with Crippen molar-refractivity contribution in [3.8, 4) is 17.2 Å². The summed E-state index contributed by atoms with van der Waals surface area (Å²) in [6, 6.07) is 15.8. The van der Waals surface area contributed by atoms with E-state index in [1.54, 1.807) is 0 Å². The van der Waals surface area contributed by atoms with E-state index in [2.05, 4.69) is 0 Å². The summed E-state index contributed by atoms with van der Waals surface area (Å²) < 4.78 is 108. The van der Waals surface area contributed by atoms with Gasteiger partial charge in [-0.15, -0.1) is 0 Å². The topological polar surface area (TPSA) is 199 Å². The first-order valence-electron chi connectivity index (χ1n) is 9.41. The third kappa shape index (κ3) is 12.4.